The summed E-state index contributed by atoms with van der Waals surface area (Å²) >= 11 is 1.63. The van der Waals surface area contributed by atoms with Gasteiger partial charge in [-0.05, 0) is 49.6 Å². The third kappa shape index (κ3) is 4.05. The molecule has 0 radical (unpaired) electrons. The molecule has 0 saturated heterocycles. The summed E-state index contributed by atoms with van der Waals surface area (Å²) in [5.41, 5.74) is 5.54. The van der Waals surface area contributed by atoms with Gasteiger partial charge in [-0.1, -0.05) is 24.3 Å². The fourth-order valence-electron chi connectivity index (χ4n) is 4.50. The van der Waals surface area contributed by atoms with Crippen molar-refractivity contribution in [2.75, 3.05) is 18.5 Å². The predicted molar refractivity (Wildman–Crippen MR) is 136 cm³/mol. The maximum absolute atomic E-state index is 14.3. The van der Waals surface area contributed by atoms with E-state index in [9.17, 15) is 9.18 Å². The molecule has 0 atom stereocenters. The minimum absolute atomic E-state index is 0.100. The number of hydrogen-bond acceptors (Lipinski definition) is 5. The quantitative estimate of drug-likeness (QED) is 0.343. The Morgan fingerprint density at radius 3 is 2.85 bits per heavy atom. The lowest BCUT2D eigenvalue weighted by Crippen LogP contribution is -2.41. The van der Waals surface area contributed by atoms with Crippen LogP contribution in [-0.4, -0.2) is 24.1 Å². The first-order valence-electron chi connectivity index (χ1n) is 11.2. The molecule has 1 aliphatic rings. The summed E-state index contributed by atoms with van der Waals surface area (Å²) in [5, 5.41) is 11.7. The lowest BCUT2D eigenvalue weighted by atomic mass is 10.0. The number of halogens is 1. The third-order valence-electron chi connectivity index (χ3n) is 6.05. The highest BCUT2D eigenvalue weighted by Gasteiger charge is 2.16. The molecule has 0 spiro atoms. The molecule has 174 valence electrons. The van der Waals surface area contributed by atoms with Gasteiger partial charge in [0.15, 0.2) is 0 Å². The standard InChI is InChI=1S/C26H26FN5OS/c1-14-8-9-19(27)24-23(14)17(15(2)31-24)10-11-28-26-25-21(29-13-30-26)12-22(34-25)18-6-4-5-7-20(18)32-16(3)33/h4-9,12,28,30-31H,10-11,13H2,1-3H3,(H,32,33). The fourth-order valence-corrected chi connectivity index (χ4v) is 5.65. The Balaban J connectivity index is 1.43. The lowest BCUT2D eigenvalue weighted by molar-refractivity contribution is -0.114. The van der Waals surface area contributed by atoms with Crippen molar-refractivity contribution < 1.29 is 9.18 Å². The summed E-state index contributed by atoms with van der Waals surface area (Å²) in [4.78, 5) is 20.5. The molecule has 4 aromatic rings. The molecule has 1 amide bonds. The number of fused-ring (bicyclic) bond motifs is 2. The molecular weight excluding hydrogens is 449 g/mol. The van der Waals surface area contributed by atoms with Gasteiger partial charge in [-0.2, -0.15) is 0 Å². The van der Waals surface area contributed by atoms with Crippen LogP contribution in [0.1, 0.15) is 23.7 Å². The Morgan fingerprint density at radius 1 is 1.21 bits per heavy atom. The molecule has 0 aliphatic carbocycles. The first-order valence-corrected chi connectivity index (χ1v) is 12.0. The maximum atomic E-state index is 14.3. The van der Waals surface area contributed by atoms with Crippen LogP contribution in [0.25, 0.3) is 27.2 Å². The molecule has 8 heteroatoms. The van der Waals surface area contributed by atoms with Crippen molar-refractivity contribution in [3.05, 3.63) is 75.0 Å². The highest BCUT2D eigenvalue weighted by molar-refractivity contribution is 7.13. The van der Waals surface area contributed by atoms with E-state index in [0.717, 1.165) is 60.5 Å². The van der Waals surface area contributed by atoms with E-state index in [4.69, 9.17) is 0 Å². The largest absolute Gasteiger partial charge is 0.370 e. The van der Waals surface area contributed by atoms with Gasteiger partial charge in [0.05, 0.1) is 15.4 Å². The number of rotatable bonds is 6. The predicted octanol–water partition coefficient (Wildman–Crippen LogP) is 3.69. The minimum atomic E-state index is -0.219. The number of nitrogens with zero attached hydrogens (tertiary/aromatic N) is 1. The number of benzene rings is 2. The first-order chi connectivity index (χ1) is 16.4. The van der Waals surface area contributed by atoms with Crippen molar-refractivity contribution in [2.45, 2.75) is 27.2 Å². The number of amides is 1. The molecule has 1 aliphatic heterocycles. The highest BCUT2D eigenvalue weighted by atomic mass is 32.1. The van der Waals surface area contributed by atoms with Gasteiger partial charge in [0, 0.05) is 40.7 Å². The number of para-hydroxylation sites is 1. The van der Waals surface area contributed by atoms with E-state index in [1.165, 1.54) is 13.0 Å². The van der Waals surface area contributed by atoms with E-state index in [1.54, 1.807) is 11.3 Å². The third-order valence-corrected chi connectivity index (χ3v) is 7.23. The maximum Gasteiger partial charge on any atom is 0.221 e. The summed E-state index contributed by atoms with van der Waals surface area (Å²) in [5.74, 6) is 0.624. The molecular formula is C26H26FN5OS. The molecule has 6 nitrogen and oxygen atoms in total. The summed E-state index contributed by atoms with van der Waals surface area (Å²) in [6.07, 6.45) is 0.761. The van der Waals surface area contributed by atoms with Crippen molar-refractivity contribution in [2.24, 2.45) is 4.99 Å². The average Bonchev–Trinajstić information content (AvgIpc) is 3.39. The lowest BCUT2D eigenvalue weighted by Gasteiger charge is -2.14. The van der Waals surface area contributed by atoms with Crippen LogP contribution < -0.4 is 25.8 Å². The molecule has 2 aromatic heterocycles. The Kier molecular flexibility index (Phi) is 5.83. The number of aromatic nitrogens is 1. The van der Waals surface area contributed by atoms with Crippen molar-refractivity contribution in [3.8, 4) is 10.4 Å². The summed E-state index contributed by atoms with van der Waals surface area (Å²) in [7, 11) is 0. The van der Waals surface area contributed by atoms with Crippen LogP contribution in [0.15, 0.2) is 47.5 Å². The molecule has 0 fully saturated rings. The SMILES string of the molecule is CC(=O)Nc1ccccc1-c1cc2c(s1)=C(NCCc1c(C)[nH]c3c(F)ccc(C)c13)NCN=2. The Labute approximate surface area is 200 Å². The number of anilines is 1. The van der Waals surface area contributed by atoms with E-state index in [0.29, 0.717) is 18.7 Å². The number of carbonyl (C=O) groups is 1. The van der Waals surface area contributed by atoms with E-state index >= 15 is 0 Å². The molecule has 4 N–H and O–H groups in total. The van der Waals surface area contributed by atoms with Crippen molar-refractivity contribution in [1.82, 2.24) is 15.6 Å². The summed E-state index contributed by atoms with van der Waals surface area (Å²) in [6.45, 7) is 6.71. The van der Waals surface area contributed by atoms with E-state index in [1.807, 2.05) is 44.2 Å². The number of aromatic amines is 1. The molecule has 34 heavy (non-hydrogen) atoms. The first kappa shape index (κ1) is 22.2. The molecule has 3 heterocycles. The highest BCUT2D eigenvalue weighted by Crippen LogP contribution is 2.30. The van der Waals surface area contributed by atoms with Crippen molar-refractivity contribution >= 4 is 39.7 Å². The van der Waals surface area contributed by atoms with Gasteiger partial charge < -0.3 is 20.9 Å². The topological polar surface area (TPSA) is 81.3 Å². The molecule has 0 unspecified atom stereocenters. The van der Waals surface area contributed by atoms with Crippen LogP contribution in [0.4, 0.5) is 10.1 Å². The van der Waals surface area contributed by atoms with E-state index in [-0.39, 0.29) is 11.7 Å². The Hall–Kier alpha value is -3.65. The average molecular weight is 476 g/mol. The van der Waals surface area contributed by atoms with Crippen LogP contribution in [0.2, 0.25) is 0 Å². The van der Waals surface area contributed by atoms with Crippen LogP contribution in [0.3, 0.4) is 0 Å². The number of H-pyrrole nitrogens is 1. The smallest absolute Gasteiger partial charge is 0.221 e. The molecule has 0 bridgehead atoms. The van der Waals surface area contributed by atoms with Crippen LogP contribution >= 0.6 is 11.3 Å². The van der Waals surface area contributed by atoms with Gasteiger partial charge >= 0.3 is 0 Å². The zero-order valence-corrected chi connectivity index (χ0v) is 20.1. The summed E-state index contributed by atoms with van der Waals surface area (Å²) < 4.78 is 15.3. The number of hydrogen-bond donors (Lipinski definition) is 4. The number of aryl methyl sites for hydroxylation is 2. The second kappa shape index (κ2) is 8.95. The normalized spacial score (nSPS) is 12.8. The summed E-state index contributed by atoms with van der Waals surface area (Å²) in [6, 6.07) is 13.2. The van der Waals surface area contributed by atoms with Crippen LogP contribution in [0.5, 0.6) is 0 Å². The van der Waals surface area contributed by atoms with Gasteiger partial charge in [0.2, 0.25) is 5.91 Å². The molecule has 0 saturated carbocycles. The monoisotopic (exact) mass is 475 g/mol. The van der Waals surface area contributed by atoms with Gasteiger partial charge in [0.25, 0.3) is 0 Å². The number of carbonyl (C=O) groups excluding carboxylic acids is 1. The zero-order chi connectivity index (χ0) is 23.8. The number of thiophene rings is 1. The minimum Gasteiger partial charge on any atom is -0.370 e. The van der Waals surface area contributed by atoms with Crippen LogP contribution in [0, 0.1) is 19.7 Å². The van der Waals surface area contributed by atoms with E-state index < -0.39 is 0 Å². The second-order valence-electron chi connectivity index (χ2n) is 8.44. The Bertz CT molecular complexity index is 1530. The zero-order valence-electron chi connectivity index (χ0n) is 19.3. The second-order valence-corrected chi connectivity index (χ2v) is 9.49. The van der Waals surface area contributed by atoms with Crippen molar-refractivity contribution in [3.63, 3.8) is 0 Å². The van der Waals surface area contributed by atoms with Gasteiger partial charge in [-0.3, -0.25) is 9.79 Å². The number of nitrogens with one attached hydrogen (secondary N) is 4. The van der Waals surface area contributed by atoms with E-state index in [2.05, 4.69) is 32.0 Å². The molecule has 2 aromatic carbocycles. The Morgan fingerprint density at radius 2 is 2.03 bits per heavy atom. The van der Waals surface area contributed by atoms with Crippen molar-refractivity contribution in [1.29, 1.82) is 0 Å². The van der Waals surface area contributed by atoms with Crippen LogP contribution in [-0.2, 0) is 11.2 Å². The fraction of sp³-hybridized carbons (Fsp3) is 0.231. The molecule has 5 rings (SSSR count). The van der Waals surface area contributed by atoms with Gasteiger partial charge in [-0.25, -0.2) is 4.39 Å². The van der Waals surface area contributed by atoms with Gasteiger partial charge in [0.1, 0.15) is 18.3 Å². The van der Waals surface area contributed by atoms with Gasteiger partial charge in [-0.15, -0.1) is 11.3 Å².